The van der Waals surface area contributed by atoms with Gasteiger partial charge >= 0.3 is 0 Å². The Morgan fingerprint density at radius 3 is 2.50 bits per heavy atom. The summed E-state index contributed by atoms with van der Waals surface area (Å²) in [6, 6.07) is 15.9. The Hall–Kier alpha value is -3.92. The quantitative estimate of drug-likeness (QED) is 0.326. The smallest absolute Gasteiger partial charge is 0.247 e. The van der Waals surface area contributed by atoms with Crippen LogP contribution in [0.1, 0.15) is 42.2 Å². The van der Waals surface area contributed by atoms with Gasteiger partial charge in [-0.1, -0.05) is 36.3 Å². The number of hydrogen-bond donors (Lipinski definition) is 1. The van der Waals surface area contributed by atoms with Crippen LogP contribution < -0.4 is 14.8 Å². The van der Waals surface area contributed by atoms with Crippen molar-refractivity contribution in [3.63, 3.8) is 0 Å². The number of carbonyl (C=O) groups is 2. The average molecular weight is 534 g/mol. The summed E-state index contributed by atoms with van der Waals surface area (Å²) in [6.45, 7) is 0.214. The van der Waals surface area contributed by atoms with E-state index < -0.39 is 6.04 Å². The van der Waals surface area contributed by atoms with Gasteiger partial charge < -0.3 is 19.7 Å². The second-order valence-corrected chi connectivity index (χ2v) is 10.4. The molecule has 2 heterocycles. The first-order valence-corrected chi connectivity index (χ1v) is 13.6. The first-order chi connectivity index (χ1) is 18.6. The van der Waals surface area contributed by atoms with Gasteiger partial charge in [0.05, 0.1) is 26.3 Å². The maximum absolute atomic E-state index is 14.0. The lowest BCUT2D eigenvalue weighted by atomic mass is 10.0. The largest absolute Gasteiger partial charge is 0.497 e. The molecule has 0 saturated heterocycles. The van der Waals surface area contributed by atoms with Gasteiger partial charge in [0.1, 0.15) is 29.6 Å². The van der Waals surface area contributed by atoms with Crippen molar-refractivity contribution in [2.75, 3.05) is 14.2 Å². The van der Waals surface area contributed by atoms with Crippen molar-refractivity contribution in [2.45, 2.75) is 50.9 Å². The van der Waals surface area contributed by atoms with E-state index in [-0.39, 0.29) is 30.9 Å². The molecule has 0 spiro atoms. The normalized spacial score (nSPS) is 14.4. The molecule has 0 aliphatic heterocycles. The Balaban J connectivity index is 1.55. The molecule has 2 aromatic heterocycles. The van der Waals surface area contributed by atoms with E-state index >= 15 is 0 Å². The monoisotopic (exact) mass is 533 g/mol. The molecule has 1 fully saturated rings. The number of hydrogen-bond acceptors (Lipinski definition) is 7. The van der Waals surface area contributed by atoms with Crippen LogP contribution in [-0.4, -0.2) is 52.0 Å². The lowest BCUT2D eigenvalue weighted by Gasteiger charge is -2.32. The molecule has 9 nitrogen and oxygen atoms in total. The molecule has 0 bridgehead atoms. The van der Waals surface area contributed by atoms with E-state index in [1.165, 1.54) is 0 Å². The van der Waals surface area contributed by atoms with E-state index in [2.05, 4.69) is 15.6 Å². The highest BCUT2D eigenvalue weighted by atomic mass is 32.1. The number of aromatic nitrogens is 3. The highest BCUT2D eigenvalue weighted by Crippen LogP contribution is 2.32. The molecule has 4 aromatic rings. The van der Waals surface area contributed by atoms with Crippen molar-refractivity contribution in [2.24, 2.45) is 0 Å². The molecule has 2 aromatic carbocycles. The molecule has 38 heavy (non-hydrogen) atoms. The lowest BCUT2D eigenvalue weighted by Crippen LogP contribution is -2.46. The van der Waals surface area contributed by atoms with E-state index in [1.807, 2.05) is 41.8 Å². The van der Waals surface area contributed by atoms with Crippen molar-refractivity contribution in [1.82, 2.24) is 25.2 Å². The molecule has 1 aliphatic carbocycles. The Kier molecular flexibility index (Phi) is 7.88. The van der Waals surface area contributed by atoms with Crippen molar-refractivity contribution in [3.05, 3.63) is 70.4 Å². The number of fused-ring (bicyclic) bond motifs is 1. The Labute approximate surface area is 225 Å². The molecule has 1 aliphatic rings. The van der Waals surface area contributed by atoms with E-state index in [0.29, 0.717) is 22.6 Å². The third kappa shape index (κ3) is 5.65. The molecular formula is C28H31N5O4S. The van der Waals surface area contributed by atoms with Crippen molar-refractivity contribution in [3.8, 4) is 11.5 Å². The Morgan fingerprint density at radius 2 is 1.82 bits per heavy atom. The fourth-order valence-corrected chi connectivity index (χ4v) is 5.66. The molecule has 1 atom stereocenters. The molecule has 2 amide bonds. The molecule has 0 unspecified atom stereocenters. The fourth-order valence-electron chi connectivity index (χ4n) is 4.96. The second kappa shape index (κ2) is 11.6. The van der Waals surface area contributed by atoms with Gasteiger partial charge in [0.2, 0.25) is 11.8 Å². The van der Waals surface area contributed by atoms with Crippen LogP contribution in [0.3, 0.4) is 0 Å². The highest BCUT2D eigenvalue weighted by molar-refractivity contribution is 7.09. The number of rotatable bonds is 10. The first kappa shape index (κ1) is 25.7. The zero-order valence-electron chi connectivity index (χ0n) is 21.5. The molecule has 10 heteroatoms. The standard InChI is InChI=1S/C28H31N5O4S/c1-36-21-14-19(15-22(16-21)37-2)27(28(35)29-20-8-3-4-9-20)32(17-23-10-7-13-38-23)26(34)18-33-25-12-6-5-11-24(25)30-31-33/h5-7,10-16,20,27H,3-4,8-9,17-18H2,1-2H3,(H,29,35)/t27-/m0/s1. The van der Waals surface area contributed by atoms with E-state index in [0.717, 1.165) is 36.1 Å². The van der Waals surface area contributed by atoms with Crippen LogP contribution >= 0.6 is 11.3 Å². The highest BCUT2D eigenvalue weighted by Gasteiger charge is 2.34. The number of nitrogens with one attached hydrogen (secondary N) is 1. The SMILES string of the molecule is COc1cc(OC)cc([C@@H](C(=O)NC2CCCC2)N(Cc2cccs2)C(=O)Cn2nnc3ccccc32)c1. The second-order valence-electron chi connectivity index (χ2n) is 9.38. The number of thiophene rings is 1. The number of para-hydroxylation sites is 1. The van der Waals surface area contributed by atoms with Gasteiger partial charge in [0.15, 0.2) is 0 Å². The molecule has 0 radical (unpaired) electrons. The van der Waals surface area contributed by atoms with Crippen LogP contribution in [0.15, 0.2) is 60.0 Å². The topological polar surface area (TPSA) is 98.6 Å². The summed E-state index contributed by atoms with van der Waals surface area (Å²) in [7, 11) is 3.13. The maximum atomic E-state index is 14.0. The minimum atomic E-state index is -0.899. The summed E-state index contributed by atoms with van der Waals surface area (Å²) >= 11 is 1.54. The number of carbonyl (C=O) groups excluding carboxylic acids is 2. The number of amides is 2. The van der Waals surface area contributed by atoms with Crippen LogP contribution in [0.4, 0.5) is 0 Å². The van der Waals surface area contributed by atoms with Gasteiger partial charge in [0, 0.05) is 17.0 Å². The van der Waals surface area contributed by atoms with Gasteiger partial charge in [-0.3, -0.25) is 9.59 Å². The first-order valence-electron chi connectivity index (χ1n) is 12.7. The van der Waals surface area contributed by atoms with Gasteiger partial charge in [0.25, 0.3) is 0 Å². The van der Waals surface area contributed by atoms with Crippen LogP contribution in [0.5, 0.6) is 11.5 Å². The van der Waals surface area contributed by atoms with Gasteiger partial charge in [-0.2, -0.15) is 0 Å². The van der Waals surface area contributed by atoms with Crippen molar-refractivity contribution in [1.29, 1.82) is 0 Å². The fraction of sp³-hybridized carbons (Fsp3) is 0.357. The summed E-state index contributed by atoms with van der Waals surface area (Å²) in [5.41, 5.74) is 2.08. The lowest BCUT2D eigenvalue weighted by molar-refractivity contribution is -0.142. The maximum Gasteiger partial charge on any atom is 0.247 e. The molecule has 198 valence electrons. The summed E-state index contributed by atoms with van der Waals surface area (Å²) in [5, 5.41) is 13.6. The zero-order chi connectivity index (χ0) is 26.5. The zero-order valence-corrected chi connectivity index (χ0v) is 22.3. The third-order valence-electron chi connectivity index (χ3n) is 6.88. The summed E-state index contributed by atoms with van der Waals surface area (Å²) < 4.78 is 12.6. The third-order valence-corrected chi connectivity index (χ3v) is 7.74. The summed E-state index contributed by atoms with van der Waals surface area (Å²) in [6.07, 6.45) is 4.03. The summed E-state index contributed by atoms with van der Waals surface area (Å²) in [5.74, 6) is 0.621. The average Bonchev–Trinajstić information content (AvgIpc) is 3.71. The van der Waals surface area contributed by atoms with E-state index in [9.17, 15) is 9.59 Å². The van der Waals surface area contributed by atoms with Crippen molar-refractivity contribution < 1.29 is 19.1 Å². The molecule has 1 N–H and O–H groups in total. The number of nitrogens with zero attached hydrogens (tertiary/aromatic N) is 4. The summed E-state index contributed by atoms with van der Waals surface area (Å²) in [4.78, 5) is 30.6. The van der Waals surface area contributed by atoms with Gasteiger partial charge in [-0.05, 0) is 54.1 Å². The van der Waals surface area contributed by atoms with Crippen LogP contribution in [0, 0.1) is 0 Å². The van der Waals surface area contributed by atoms with Crippen molar-refractivity contribution >= 4 is 34.2 Å². The Morgan fingerprint density at radius 1 is 1.08 bits per heavy atom. The van der Waals surface area contributed by atoms with Gasteiger partial charge in [-0.25, -0.2) is 4.68 Å². The number of methoxy groups -OCH3 is 2. The molecular weight excluding hydrogens is 502 g/mol. The number of benzene rings is 2. The Bertz CT molecular complexity index is 1380. The van der Waals surface area contributed by atoms with E-state index in [1.54, 1.807) is 53.3 Å². The van der Waals surface area contributed by atoms with Crippen LogP contribution in [0.2, 0.25) is 0 Å². The number of ether oxygens (including phenoxy) is 2. The predicted molar refractivity (Wildman–Crippen MR) is 145 cm³/mol. The molecule has 1 saturated carbocycles. The van der Waals surface area contributed by atoms with Crippen LogP contribution in [0.25, 0.3) is 11.0 Å². The van der Waals surface area contributed by atoms with Crippen LogP contribution in [-0.2, 0) is 22.7 Å². The van der Waals surface area contributed by atoms with E-state index in [4.69, 9.17) is 9.47 Å². The minimum absolute atomic E-state index is 0.0554. The molecule has 5 rings (SSSR count). The minimum Gasteiger partial charge on any atom is -0.497 e. The predicted octanol–water partition coefficient (Wildman–Crippen LogP) is 4.34. The van der Waals surface area contributed by atoms with Gasteiger partial charge in [-0.15, -0.1) is 16.4 Å².